The van der Waals surface area contributed by atoms with Crippen LogP contribution in [0.2, 0.25) is 0 Å². The zero-order valence-electron chi connectivity index (χ0n) is 6.17. The van der Waals surface area contributed by atoms with E-state index in [1.165, 1.54) is 0 Å². The van der Waals surface area contributed by atoms with Gasteiger partial charge < -0.3 is 9.84 Å². The van der Waals surface area contributed by atoms with E-state index in [1.807, 2.05) is 0 Å². The number of carbonyl (C=O) groups is 1. The Bertz CT molecular complexity index is 240. The molecule has 1 atom stereocenters. The van der Waals surface area contributed by atoms with Crippen molar-refractivity contribution in [1.82, 2.24) is 0 Å². The summed E-state index contributed by atoms with van der Waals surface area (Å²) in [6.45, 7) is 0. The molecule has 3 heterocycles. The van der Waals surface area contributed by atoms with Crippen molar-refractivity contribution in [3.05, 3.63) is 0 Å². The molecular formula is C8H10O3. The first-order valence-corrected chi connectivity index (χ1v) is 4.08. The van der Waals surface area contributed by atoms with Gasteiger partial charge in [-0.3, -0.25) is 4.79 Å². The summed E-state index contributed by atoms with van der Waals surface area (Å²) in [5.41, 5.74) is -0.443. The van der Waals surface area contributed by atoms with Gasteiger partial charge in [-0.15, -0.1) is 0 Å². The van der Waals surface area contributed by atoms with Crippen molar-refractivity contribution in [2.75, 3.05) is 0 Å². The molecule has 3 aliphatic heterocycles. The second-order valence-electron chi connectivity index (χ2n) is 4.14. The monoisotopic (exact) mass is 154 g/mol. The second-order valence-corrected chi connectivity index (χ2v) is 4.14. The van der Waals surface area contributed by atoms with E-state index in [1.54, 1.807) is 0 Å². The number of carboxylic acid groups (broad SMARTS) is 1. The smallest absolute Gasteiger partial charge is 0.312 e. The second kappa shape index (κ2) is 1.33. The lowest BCUT2D eigenvalue weighted by molar-refractivity contribution is -0.157. The van der Waals surface area contributed by atoms with Gasteiger partial charge in [-0.2, -0.15) is 0 Å². The lowest BCUT2D eigenvalue weighted by Crippen LogP contribution is -2.53. The SMILES string of the molecule is O=C(O)[C@]12C[C@]3(CC[C@H]1O3)C2. The molecule has 0 aromatic carbocycles. The summed E-state index contributed by atoms with van der Waals surface area (Å²) < 4.78 is 5.62. The molecule has 11 heavy (non-hydrogen) atoms. The van der Waals surface area contributed by atoms with E-state index in [4.69, 9.17) is 9.84 Å². The summed E-state index contributed by atoms with van der Waals surface area (Å²) in [5.74, 6) is -0.643. The molecule has 0 unspecified atom stereocenters. The number of rotatable bonds is 1. The van der Waals surface area contributed by atoms with Gasteiger partial charge in [-0.1, -0.05) is 0 Å². The maximum absolute atomic E-state index is 10.9. The highest BCUT2D eigenvalue weighted by Gasteiger charge is 2.74. The van der Waals surface area contributed by atoms with Crippen LogP contribution in [0.25, 0.3) is 0 Å². The highest BCUT2D eigenvalue weighted by atomic mass is 16.5. The van der Waals surface area contributed by atoms with E-state index < -0.39 is 11.4 Å². The quantitative estimate of drug-likeness (QED) is 0.607. The Hall–Kier alpha value is -0.570. The first-order valence-electron chi connectivity index (χ1n) is 4.08. The van der Waals surface area contributed by atoms with Crippen LogP contribution in [0.4, 0.5) is 0 Å². The summed E-state index contributed by atoms with van der Waals surface area (Å²) in [5, 5.41) is 8.95. The standard InChI is InChI=1S/C8H10O3/c9-6(10)8-3-7(4-8)2-1-5(8)11-7/h5H,1-4H2,(H,9,10)/t5-,7-,8+/m1/s1. The first-order chi connectivity index (χ1) is 5.17. The summed E-state index contributed by atoms with van der Waals surface area (Å²) in [6.07, 6.45) is 3.65. The molecule has 3 nitrogen and oxygen atoms in total. The van der Waals surface area contributed by atoms with Gasteiger partial charge in [-0.05, 0) is 25.7 Å². The predicted octanol–water partition coefficient (Wildman–Crippen LogP) is 0.783. The van der Waals surface area contributed by atoms with Crippen molar-refractivity contribution in [2.24, 2.45) is 5.41 Å². The highest BCUT2D eigenvalue weighted by molar-refractivity contribution is 5.79. The maximum atomic E-state index is 10.9. The lowest BCUT2D eigenvalue weighted by atomic mass is 9.54. The molecule has 0 radical (unpaired) electrons. The fraction of sp³-hybridized carbons (Fsp3) is 0.875. The zero-order chi connectivity index (χ0) is 7.69. The van der Waals surface area contributed by atoms with Crippen LogP contribution >= 0.6 is 0 Å². The summed E-state index contributed by atoms with van der Waals surface area (Å²) in [7, 11) is 0. The van der Waals surface area contributed by atoms with Crippen molar-refractivity contribution in [1.29, 1.82) is 0 Å². The minimum absolute atomic E-state index is 0.0169. The summed E-state index contributed by atoms with van der Waals surface area (Å²) in [6, 6.07) is 0. The van der Waals surface area contributed by atoms with Crippen molar-refractivity contribution >= 4 is 5.97 Å². The van der Waals surface area contributed by atoms with Gasteiger partial charge in [-0.25, -0.2) is 0 Å². The fourth-order valence-corrected chi connectivity index (χ4v) is 3.08. The summed E-state index contributed by atoms with van der Waals surface area (Å²) >= 11 is 0. The maximum Gasteiger partial charge on any atom is 0.312 e. The molecule has 3 bridgehead atoms. The molecular weight excluding hydrogens is 144 g/mol. The van der Waals surface area contributed by atoms with E-state index in [0.29, 0.717) is 0 Å². The summed E-state index contributed by atoms with van der Waals surface area (Å²) in [4.78, 5) is 10.9. The van der Waals surface area contributed by atoms with Gasteiger partial charge in [0.2, 0.25) is 0 Å². The van der Waals surface area contributed by atoms with E-state index in [2.05, 4.69) is 0 Å². The average Bonchev–Trinajstić information content (AvgIpc) is 2.44. The minimum atomic E-state index is -0.643. The predicted molar refractivity (Wildman–Crippen MR) is 36.1 cm³/mol. The van der Waals surface area contributed by atoms with Gasteiger partial charge in [0.1, 0.15) is 0 Å². The number of aliphatic carboxylic acids is 1. The molecule has 4 aliphatic rings. The van der Waals surface area contributed by atoms with E-state index >= 15 is 0 Å². The average molecular weight is 154 g/mol. The topological polar surface area (TPSA) is 46.5 Å². The fourth-order valence-electron chi connectivity index (χ4n) is 3.08. The molecule has 4 rings (SSSR count). The Labute approximate surface area is 64.3 Å². The van der Waals surface area contributed by atoms with Gasteiger partial charge in [0.25, 0.3) is 0 Å². The third kappa shape index (κ3) is 0.439. The minimum Gasteiger partial charge on any atom is -0.481 e. The molecule has 3 saturated heterocycles. The van der Waals surface area contributed by atoms with Crippen molar-refractivity contribution in [2.45, 2.75) is 37.4 Å². The normalized spacial score (nSPS) is 57.6. The molecule has 3 heteroatoms. The van der Waals surface area contributed by atoms with Crippen LogP contribution in [0.1, 0.15) is 25.7 Å². The van der Waals surface area contributed by atoms with Crippen LogP contribution in [0, 0.1) is 5.41 Å². The lowest BCUT2D eigenvalue weighted by Gasteiger charge is -2.45. The number of ether oxygens (including phenoxy) is 1. The van der Waals surface area contributed by atoms with E-state index in [9.17, 15) is 4.79 Å². The molecule has 1 aliphatic carbocycles. The number of hydrogen-bond donors (Lipinski definition) is 1. The van der Waals surface area contributed by atoms with Crippen molar-refractivity contribution in [3.8, 4) is 0 Å². The van der Waals surface area contributed by atoms with Crippen LogP contribution < -0.4 is 0 Å². The largest absolute Gasteiger partial charge is 0.481 e. The molecule has 1 N–H and O–H groups in total. The van der Waals surface area contributed by atoms with Crippen LogP contribution in [0.15, 0.2) is 0 Å². The Morgan fingerprint density at radius 1 is 1.55 bits per heavy atom. The van der Waals surface area contributed by atoms with E-state index in [-0.39, 0.29) is 11.7 Å². The van der Waals surface area contributed by atoms with Crippen LogP contribution in [0.5, 0.6) is 0 Å². The Morgan fingerprint density at radius 2 is 2.27 bits per heavy atom. The molecule has 60 valence electrons. The van der Waals surface area contributed by atoms with Crippen LogP contribution in [-0.2, 0) is 9.53 Å². The van der Waals surface area contributed by atoms with Gasteiger partial charge in [0.15, 0.2) is 0 Å². The Morgan fingerprint density at radius 3 is 2.55 bits per heavy atom. The van der Waals surface area contributed by atoms with Crippen LogP contribution in [0.3, 0.4) is 0 Å². The van der Waals surface area contributed by atoms with Gasteiger partial charge >= 0.3 is 5.97 Å². The molecule has 0 amide bonds. The number of hydrogen-bond acceptors (Lipinski definition) is 2. The molecule has 1 saturated carbocycles. The molecule has 4 fully saturated rings. The zero-order valence-corrected chi connectivity index (χ0v) is 6.17. The highest BCUT2D eigenvalue weighted by Crippen LogP contribution is 2.69. The van der Waals surface area contributed by atoms with Gasteiger partial charge in [0.05, 0.1) is 17.1 Å². The van der Waals surface area contributed by atoms with E-state index in [0.717, 1.165) is 25.7 Å². The van der Waals surface area contributed by atoms with Gasteiger partial charge in [0, 0.05) is 0 Å². The molecule has 0 aromatic rings. The number of carboxylic acids is 1. The third-order valence-corrected chi connectivity index (χ3v) is 3.57. The molecule has 1 spiro atoms. The Balaban J connectivity index is 2.02. The van der Waals surface area contributed by atoms with Crippen molar-refractivity contribution < 1.29 is 14.6 Å². The van der Waals surface area contributed by atoms with Crippen LogP contribution in [-0.4, -0.2) is 22.8 Å². The third-order valence-electron chi connectivity index (χ3n) is 3.57. The Kier molecular flexibility index (Phi) is 0.727. The molecule has 0 aromatic heterocycles. The van der Waals surface area contributed by atoms with Crippen molar-refractivity contribution in [3.63, 3.8) is 0 Å². The first kappa shape index (κ1) is 6.00.